The molecule has 2 atom stereocenters. The van der Waals surface area contributed by atoms with Gasteiger partial charge >= 0.3 is 6.18 Å². The Labute approximate surface area is 196 Å². The quantitative estimate of drug-likeness (QED) is 0.513. The first kappa shape index (κ1) is 23.4. The van der Waals surface area contributed by atoms with Crippen LogP contribution in [0.1, 0.15) is 25.3 Å². The molecule has 1 amide bonds. The predicted molar refractivity (Wildman–Crippen MR) is 116 cm³/mol. The lowest BCUT2D eigenvalue weighted by molar-refractivity contribution is -0.137. The number of amides is 1. The largest absolute Gasteiger partial charge is 0.416 e. The Morgan fingerprint density at radius 2 is 2.00 bits per heavy atom. The minimum Gasteiger partial charge on any atom is -0.355 e. The number of alkyl halides is 5. The highest BCUT2D eigenvalue weighted by molar-refractivity contribution is 5.95. The van der Waals surface area contributed by atoms with Crippen molar-refractivity contribution < 1.29 is 26.7 Å². The maximum Gasteiger partial charge on any atom is 0.416 e. The lowest BCUT2D eigenvalue weighted by Crippen LogP contribution is -2.48. The van der Waals surface area contributed by atoms with Crippen molar-refractivity contribution >= 4 is 28.7 Å². The molecule has 2 aliphatic heterocycles. The molecule has 5 rings (SSSR count). The number of halogens is 5. The van der Waals surface area contributed by atoms with Crippen molar-refractivity contribution in [2.45, 2.75) is 38.9 Å². The molecule has 1 spiro atoms. The van der Waals surface area contributed by atoms with Crippen molar-refractivity contribution in [2.75, 3.05) is 29.4 Å². The molecular weight excluding hydrogens is 473 g/mol. The number of aromatic nitrogens is 5. The monoisotopic (exact) mass is 495 g/mol. The van der Waals surface area contributed by atoms with Crippen LogP contribution in [0.25, 0.3) is 11.2 Å². The molecule has 0 N–H and O–H groups in total. The number of hydrogen-bond acceptors (Lipinski definition) is 6. The van der Waals surface area contributed by atoms with E-state index in [1.54, 1.807) is 6.20 Å². The van der Waals surface area contributed by atoms with Crippen LogP contribution in [0, 0.1) is 11.3 Å². The van der Waals surface area contributed by atoms with Crippen LogP contribution in [0.2, 0.25) is 0 Å². The van der Waals surface area contributed by atoms with Crippen molar-refractivity contribution in [2.24, 2.45) is 11.3 Å². The van der Waals surface area contributed by atoms with Crippen molar-refractivity contribution in [3.8, 4) is 0 Å². The van der Waals surface area contributed by atoms with Crippen LogP contribution in [0.4, 0.5) is 33.6 Å². The van der Waals surface area contributed by atoms with E-state index in [-0.39, 0.29) is 36.3 Å². The number of hydrogen-bond donors (Lipinski definition) is 0. The number of rotatable bonds is 4. The third-order valence-electron chi connectivity index (χ3n) is 7.01. The summed E-state index contributed by atoms with van der Waals surface area (Å²) in [4.78, 5) is 29.0. The van der Waals surface area contributed by atoms with E-state index in [0.717, 1.165) is 23.0 Å². The van der Waals surface area contributed by atoms with Crippen molar-refractivity contribution in [3.63, 3.8) is 0 Å². The maximum absolute atomic E-state index is 13.1. The normalized spacial score (nSPS) is 23.3. The highest BCUT2D eigenvalue weighted by Crippen LogP contribution is 2.46. The van der Waals surface area contributed by atoms with Crippen molar-refractivity contribution in [3.05, 3.63) is 36.3 Å². The summed E-state index contributed by atoms with van der Waals surface area (Å²) in [6.45, 7) is 2.75. The topological polar surface area (TPSA) is 80.0 Å². The first-order chi connectivity index (χ1) is 16.6. The molecule has 0 aliphatic carbocycles. The van der Waals surface area contributed by atoms with Crippen LogP contribution in [-0.2, 0) is 17.5 Å². The Morgan fingerprint density at radius 3 is 2.71 bits per heavy atom. The second-order valence-corrected chi connectivity index (χ2v) is 9.17. The molecule has 2 saturated heterocycles. The molecule has 13 heteroatoms. The zero-order chi connectivity index (χ0) is 25.0. The second kappa shape index (κ2) is 8.38. The summed E-state index contributed by atoms with van der Waals surface area (Å²) in [6.07, 6.45) is -2.26. The van der Waals surface area contributed by atoms with Gasteiger partial charge in [0.15, 0.2) is 5.65 Å². The summed E-state index contributed by atoms with van der Waals surface area (Å²) in [5.41, 5.74) is -0.576. The van der Waals surface area contributed by atoms with E-state index in [2.05, 4.69) is 20.1 Å². The average molecular weight is 495 g/mol. The van der Waals surface area contributed by atoms with Gasteiger partial charge in [-0.05, 0) is 24.5 Å². The molecule has 0 saturated carbocycles. The molecule has 0 radical (unpaired) electrons. The number of carbonyl (C=O) groups excluding carboxylic acids is 1. The molecule has 2 unspecified atom stereocenters. The number of pyridine rings is 1. The molecule has 2 aliphatic rings. The van der Waals surface area contributed by atoms with E-state index < -0.39 is 30.1 Å². The van der Waals surface area contributed by atoms with Crippen molar-refractivity contribution in [1.29, 1.82) is 0 Å². The molecular formula is C22H22F5N7O. The van der Waals surface area contributed by atoms with Crippen LogP contribution in [0.15, 0.2) is 30.7 Å². The molecule has 186 valence electrons. The SMILES string of the molecule is CC1CN(c2cnc3cnn(CC(F)F)c3n2)CCC12CC(=O)N(c1cc(C(F)(F)F)ccn1)C2. The summed E-state index contributed by atoms with van der Waals surface area (Å²) in [6, 6.07) is 1.79. The molecule has 5 heterocycles. The van der Waals surface area contributed by atoms with Gasteiger partial charge in [-0.1, -0.05) is 6.92 Å². The molecule has 8 nitrogen and oxygen atoms in total. The third kappa shape index (κ3) is 4.27. The van der Waals surface area contributed by atoms with Gasteiger partial charge in [0.05, 0.1) is 18.0 Å². The van der Waals surface area contributed by atoms with Crippen LogP contribution >= 0.6 is 0 Å². The van der Waals surface area contributed by atoms with E-state index in [1.807, 2.05) is 11.8 Å². The maximum atomic E-state index is 13.1. The van der Waals surface area contributed by atoms with Gasteiger partial charge in [0.25, 0.3) is 6.43 Å². The lowest BCUT2D eigenvalue weighted by atomic mass is 9.70. The summed E-state index contributed by atoms with van der Waals surface area (Å²) < 4.78 is 66.3. The summed E-state index contributed by atoms with van der Waals surface area (Å²) in [5, 5.41) is 3.94. The summed E-state index contributed by atoms with van der Waals surface area (Å²) in [7, 11) is 0. The van der Waals surface area contributed by atoms with Gasteiger partial charge in [-0.2, -0.15) is 18.3 Å². The van der Waals surface area contributed by atoms with Crippen LogP contribution < -0.4 is 9.80 Å². The average Bonchev–Trinajstić information content (AvgIpc) is 3.36. The number of nitrogens with zero attached hydrogens (tertiary/aromatic N) is 7. The zero-order valence-electron chi connectivity index (χ0n) is 18.7. The van der Waals surface area contributed by atoms with Gasteiger partial charge in [0.1, 0.15) is 23.7 Å². The van der Waals surface area contributed by atoms with E-state index in [4.69, 9.17) is 0 Å². The van der Waals surface area contributed by atoms with Crippen molar-refractivity contribution in [1.82, 2.24) is 24.7 Å². The van der Waals surface area contributed by atoms with Gasteiger partial charge in [0, 0.05) is 37.7 Å². The lowest BCUT2D eigenvalue weighted by Gasteiger charge is -2.44. The van der Waals surface area contributed by atoms with Crippen LogP contribution in [0.3, 0.4) is 0 Å². The first-order valence-corrected chi connectivity index (χ1v) is 11.1. The van der Waals surface area contributed by atoms with Gasteiger partial charge < -0.3 is 4.90 Å². The van der Waals surface area contributed by atoms with E-state index in [9.17, 15) is 26.7 Å². The highest BCUT2D eigenvalue weighted by atomic mass is 19.4. The zero-order valence-corrected chi connectivity index (χ0v) is 18.7. The molecule has 3 aromatic heterocycles. The Balaban J connectivity index is 1.34. The Morgan fingerprint density at radius 1 is 1.20 bits per heavy atom. The van der Waals surface area contributed by atoms with E-state index in [0.29, 0.717) is 30.8 Å². The first-order valence-electron chi connectivity index (χ1n) is 11.1. The standard InChI is InChI=1S/C22H22F5N7O/c1-13-10-32(18-9-29-15-8-30-34(11-16(23)24)20(15)31-18)5-3-21(13)7-19(35)33(12-21)17-6-14(2-4-28-17)22(25,26)27/h2,4,6,8-9,13,16H,3,5,7,10-12H2,1H3. The Kier molecular flexibility index (Phi) is 5.59. The van der Waals surface area contributed by atoms with Gasteiger partial charge in [0.2, 0.25) is 5.91 Å². The van der Waals surface area contributed by atoms with Crippen LogP contribution in [0.5, 0.6) is 0 Å². The number of piperidine rings is 1. The van der Waals surface area contributed by atoms with E-state index in [1.165, 1.54) is 11.1 Å². The smallest absolute Gasteiger partial charge is 0.355 e. The molecule has 2 fully saturated rings. The molecule has 0 bridgehead atoms. The number of fused-ring (bicyclic) bond motifs is 1. The van der Waals surface area contributed by atoms with Crippen LogP contribution in [-0.4, -0.2) is 56.7 Å². The molecule has 35 heavy (non-hydrogen) atoms. The Bertz CT molecular complexity index is 1260. The minimum atomic E-state index is -4.52. The minimum absolute atomic E-state index is 0.0000557. The fourth-order valence-electron chi connectivity index (χ4n) is 4.99. The summed E-state index contributed by atoms with van der Waals surface area (Å²) in [5.74, 6) is 0.268. The Hall–Kier alpha value is -3.38. The fourth-order valence-corrected chi connectivity index (χ4v) is 4.99. The van der Waals surface area contributed by atoms with E-state index >= 15 is 0 Å². The molecule has 3 aromatic rings. The third-order valence-corrected chi connectivity index (χ3v) is 7.01. The van der Waals surface area contributed by atoms with Gasteiger partial charge in [-0.25, -0.2) is 28.4 Å². The second-order valence-electron chi connectivity index (χ2n) is 9.17. The number of anilines is 2. The highest BCUT2D eigenvalue weighted by Gasteiger charge is 2.50. The molecule has 0 aromatic carbocycles. The number of carbonyl (C=O) groups is 1. The van der Waals surface area contributed by atoms with Gasteiger partial charge in [-0.15, -0.1) is 0 Å². The summed E-state index contributed by atoms with van der Waals surface area (Å²) >= 11 is 0. The van der Waals surface area contributed by atoms with Gasteiger partial charge in [-0.3, -0.25) is 9.69 Å². The predicted octanol–water partition coefficient (Wildman–Crippen LogP) is 3.77. The fraction of sp³-hybridized carbons (Fsp3) is 0.500.